The van der Waals surface area contributed by atoms with Crippen LogP contribution in [0.4, 0.5) is 5.69 Å². The van der Waals surface area contributed by atoms with Gasteiger partial charge < -0.3 is 10.8 Å². The second-order valence-electron chi connectivity index (χ2n) is 3.16. The molecule has 0 saturated carbocycles. The second kappa shape index (κ2) is 2.66. The number of phenolic OH excluding ortho intramolecular Hbond substituents is 1. The number of aromatic hydroxyl groups is 1. The van der Waals surface area contributed by atoms with Gasteiger partial charge in [-0.05, 0) is 18.4 Å². The van der Waals surface area contributed by atoms with Gasteiger partial charge in [0.1, 0.15) is 5.75 Å². The van der Waals surface area contributed by atoms with Crippen LogP contribution in [0.2, 0.25) is 0 Å². The lowest BCUT2D eigenvalue weighted by atomic mass is 10.0. The lowest BCUT2D eigenvalue weighted by Gasteiger charge is -2.06. The Kier molecular flexibility index (Phi) is 1.62. The highest BCUT2D eigenvalue weighted by Crippen LogP contribution is 2.31. The maximum Gasteiger partial charge on any atom is 0.128 e. The molecule has 0 bridgehead atoms. The molecule has 0 aliphatic heterocycles. The van der Waals surface area contributed by atoms with E-state index in [0.29, 0.717) is 5.69 Å². The average Bonchev–Trinajstić information content (AvgIpc) is 2.15. The normalized spacial score (nSPS) is 10.5. The lowest BCUT2D eigenvalue weighted by molar-refractivity contribution is 0.478. The van der Waals surface area contributed by atoms with E-state index in [4.69, 9.17) is 5.73 Å². The molecule has 2 aromatic carbocycles. The first-order valence-corrected chi connectivity index (χ1v) is 4.17. The van der Waals surface area contributed by atoms with Crippen LogP contribution in [0.3, 0.4) is 0 Å². The van der Waals surface area contributed by atoms with Gasteiger partial charge in [-0.1, -0.05) is 24.3 Å². The zero-order valence-electron chi connectivity index (χ0n) is 7.41. The van der Waals surface area contributed by atoms with E-state index in [1.54, 1.807) is 0 Å². The molecule has 3 N–H and O–H groups in total. The zero-order valence-corrected chi connectivity index (χ0v) is 7.41. The van der Waals surface area contributed by atoms with Gasteiger partial charge in [0, 0.05) is 16.6 Å². The first-order valence-electron chi connectivity index (χ1n) is 4.17. The van der Waals surface area contributed by atoms with Crippen molar-refractivity contribution < 1.29 is 5.11 Å². The quantitative estimate of drug-likeness (QED) is 0.601. The molecule has 2 nitrogen and oxygen atoms in total. The molecule has 2 aromatic rings. The van der Waals surface area contributed by atoms with Crippen molar-refractivity contribution >= 4 is 16.5 Å². The van der Waals surface area contributed by atoms with E-state index in [9.17, 15) is 5.11 Å². The predicted molar refractivity (Wildman–Crippen MR) is 54.8 cm³/mol. The Bertz CT molecular complexity index is 463. The van der Waals surface area contributed by atoms with Gasteiger partial charge >= 0.3 is 0 Å². The third-order valence-electron chi connectivity index (χ3n) is 2.32. The summed E-state index contributed by atoms with van der Waals surface area (Å²) in [4.78, 5) is 0. The molecular formula is C11H11NO. The van der Waals surface area contributed by atoms with Gasteiger partial charge in [-0.2, -0.15) is 0 Å². The number of nitrogen functional groups attached to an aromatic ring is 1. The molecule has 0 aliphatic carbocycles. The van der Waals surface area contributed by atoms with Crippen LogP contribution in [-0.2, 0) is 0 Å². The fourth-order valence-corrected chi connectivity index (χ4v) is 1.45. The molecule has 0 aliphatic rings. The summed E-state index contributed by atoms with van der Waals surface area (Å²) in [5.74, 6) is 0.288. The van der Waals surface area contributed by atoms with Gasteiger partial charge in [0.25, 0.3) is 0 Å². The van der Waals surface area contributed by atoms with Crippen molar-refractivity contribution in [2.24, 2.45) is 0 Å². The van der Waals surface area contributed by atoms with E-state index < -0.39 is 0 Å². The van der Waals surface area contributed by atoms with Gasteiger partial charge in [0.05, 0.1) is 0 Å². The third kappa shape index (κ3) is 1.11. The van der Waals surface area contributed by atoms with Crippen LogP contribution in [0.1, 0.15) is 5.56 Å². The molecule has 0 saturated heterocycles. The molecule has 66 valence electrons. The number of anilines is 1. The molecule has 0 unspecified atom stereocenters. The van der Waals surface area contributed by atoms with Crippen LogP contribution in [0.5, 0.6) is 5.75 Å². The highest BCUT2D eigenvalue weighted by atomic mass is 16.3. The first-order chi connectivity index (χ1) is 6.20. The Labute approximate surface area is 76.6 Å². The van der Waals surface area contributed by atoms with Gasteiger partial charge in [0.15, 0.2) is 0 Å². The van der Waals surface area contributed by atoms with Crippen molar-refractivity contribution in [3.8, 4) is 5.75 Å². The summed E-state index contributed by atoms with van der Waals surface area (Å²) in [6.07, 6.45) is 0. The summed E-state index contributed by atoms with van der Waals surface area (Å²) >= 11 is 0. The molecule has 0 heterocycles. The SMILES string of the molecule is Cc1c(N)cc2ccccc2c1O. The Hall–Kier alpha value is -1.70. The molecule has 2 rings (SSSR count). The zero-order chi connectivity index (χ0) is 9.42. The van der Waals surface area contributed by atoms with Crippen molar-refractivity contribution in [3.63, 3.8) is 0 Å². The Morgan fingerprint density at radius 1 is 1.23 bits per heavy atom. The first kappa shape index (κ1) is 7.92. The Morgan fingerprint density at radius 2 is 1.92 bits per heavy atom. The maximum absolute atomic E-state index is 9.76. The third-order valence-corrected chi connectivity index (χ3v) is 2.32. The number of fused-ring (bicyclic) bond motifs is 1. The fraction of sp³-hybridized carbons (Fsp3) is 0.0909. The molecule has 0 atom stereocenters. The molecule has 0 amide bonds. The highest BCUT2D eigenvalue weighted by molar-refractivity contribution is 5.92. The summed E-state index contributed by atoms with van der Waals surface area (Å²) in [5.41, 5.74) is 7.11. The number of rotatable bonds is 0. The fourth-order valence-electron chi connectivity index (χ4n) is 1.45. The molecule has 0 aromatic heterocycles. The number of benzene rings is 2. The topological polar surface area (TPSA) is 46.2 Å². The number of nitrogens with two attached hydrogens (primary N) is 1. The minimum atomic E-state index is 0.288. The summed E-state index contributed by atoms with van der Waals surface area (Å²) in [7, 11) is 0. The van der Waals surface area contributed by atoms with Crippen LogP contribution >= 0.6 is 0 Å². The van der Waals surface area contributed by atoms with E-state index in [1.807, 2.05) is 37.3 Å². The van der Waals surface area contributed by atoms with E-state index in [0.717, 1.165) is 16.3 Å². The molecule has 2 heteroatoms. The Balaban J connectivity index is 2.94. The number of hydrogen-bond acceptors (Lipinski definition) is 2. The summed E-state index contributed by atoms with van der Waals surface area (Å²) < 4.78 is 0. The van der Waals surface area contributed by atoms with Crippen molar-refractivity contribution in [1.82, 2.24) is 0 Å². The van der Waals surface area contributed by atoms with E-state index in [2.05, 4.69) is 0 Å². The summed E-state index contributed by atoms with van der Waals surface area (Å²) in [6.45, 7) is 1.82. The van der Waals surface area contributed by atoms with Crippen LogP contribution in [0.25, 0.3) is 10.8 Å². The van der Waals surface area contributed by atoms with Gasteiger partial charge in [-0.3, -0.25) is 0 Å². The van der Waals surface area contributed by atoms with Crippen molar-refractivity contribution in [2.45, 2.75) is 6.92 Å². The van der Waals surface area contributed by atoms with Crippen LogP contribution in [0, 0.1) is 6.92 Å². The van der Waals surface area contributed by atoms with E-state index in [-0.39, 0.29) is 5.75 Å². The Morgan fingerprint density at radius 3 is 2.69 bits per heavy atom. The molecule has 13 heavy (non-hydrogen) atoms. The molecule has 0 fully saturated rings. The minimum absolute atomic E-state index is 0.288. The van der Waals surface area contributed by atoms with Gasteiger partial charge in [0.2, 0.25) is 0 Å². The van der Waals surface area contributed by atoms with E-state index >= 15 is 0 Å². The predicted octanol–water partition coefficient (Wildman–Crippen LogP) is 2.44. The number of phenols is 1. The standard InChI is InChI=1S/C11H11NO/c1-7-10(12)6-8-4-2-3-5-9(8)11(7)13/h2-6,13H,12H2,1H3. The van der Waals surface area contributed by atoms with Crippen LogP contribution in [-0.4, -0.2) is 5.11 Å². The van der Waals surface area contributed by atoms with Crippen LogP contribution < -0.4 is 5.73 Å². The monoisotopic (exact) mass is 173 g/mol. The molecule has 0 spiro atoms. The summed E-state index contributed by atoms with van der Waals surface area (Å²) in [5, 5.41) is 11.6. The highest BCUT2D eigenvalue weighted by Gasteiger charge is 2.05. The van der Waals surface area contributed by atoms with Crippen molar-refractivity contribution in [3.05, 3.63) is 35.9 Å². The summed E-state index contributed by atoms with van der Waals surface area (Å²) in [6, 6.07) is 9.53. The average molecular weight is 173 g/mol. The van der Waals surface area contributed by atoms with E-state index in [1.165, 1.54) is 0 Å². The number of hydrogen-bond donors (Lipinski definition) is 2. The smallest absolute Gasteiger partial charge is 0.128 e. The molecule has 0 radical (unpaired) electrons. The second-order valence-corrected chi connectivity index (χ2v) is 3.16. The van der Waals surface area contributed by atoms with Gasteiger partial charge in [-0.25, -0.2) is 0 Å². The van der Waals surface area contributed by atoms with Gasteiger partial charge in [-0.15, -0.1) is 0 Å². The lowest BCUT2D eigenvalue weighted by Crippen LogP contribution is -1.90. The van der Waals surface area contributed by atoms with Crippen molar-refractivity contribution in [2.75, 3.05) is 5.73 Å². The largest absolute Gasteiger partial charge is 0.507 e. The van der Waals surface area contributed by atoms with Crippen molar-refractivity contribution in [1.29, 1.82) is 0 Å². The maximum atomic E-state index is 9.76. The molecular weight excluding hydrogens is 162 g/mol. The van der Waals surface area contributed by atoms with Crippen LogP contribution in [0.15, 0.2) is 30.3 Å². The minimum Gasteiger partial charge on any atom is -0.507 e.